The lowest BCUT2D eigenvalue weighted by Crippen LogP contribution is -2.27. The maximum atomic E-state index is 12.6. The molecule has 1 heterocycles. The maximum absolute atomic E-state index is 12.6. The Balaban J connectivity index is 1.67. The first-order chi connectivity index (χ1) is 13.5. The SMILES string of the molecule is COc1ccc(CN(C)C(=O)CCn2ncc(=O)c3ccccc32)cc1OC. The normalized spacial score (nSPS) is 10.7. The zero-order valence-corrected chi connectivity index (χ0v) is 16.2. The number of nitrogens with zero attached hydrogens (tertiary/aromatic N) is 3. The van der Waals surface area contributed by atoms with Crippen molar-refractivity contribution in [1.29, 1.82) is 0 Å². The minimum atomic E-state index is -0.122. The number of hydrogen-bond acceptors (Lipinski definition) is 5. The summed E-state index contributed by atoms with van der Waals surface area (Å²) in [7, 11) is 4.93. The van der Waals surface area contributed by atoms with E-state index in [1.54, 1.807) is 36.9 Å². The van der Waals surface area contributed by atoms with Crippen LogP contribution in [-0.2, 0) is 17.9 Å². The summed E-state index contributed by atoms with van der Waals surface area (Å²) >= 11 is 0. The second-order valence-electron chi connectivity index (χ2n) is 6.44. The van der Waals surface area contributed by atoms with Crippen molar-refractivity contribution in [3.63, 3.8) is 0 Å². The molecule has 3 rings (SSSR count). The van der Waals surface area contributed by atoms with Gasteiger partial charge in [0.15, 0.2) is 11.5 Å². The van der Waals surface area contributed by atoms with Gasteiger partial charge in [0.2, 0.25) is 11.3 Å². The van der Waals surface area contributed by atoms with Crippen LogP contribution in [0.2, 0.25) is 0 Å². The van der Waals surface area contributed by atoms with E-state index in [1.165, 1.54) is 6.20 Å². The standard InChI is InChI=1S/C21H23N3O4/c1-23(14-15-8-9-19(27-2)20(12-15)28-3)21(26)10-11-24-17-7-5-4-6-16(17)18(25)13-22-24/h4-9,12-13H,10-11,14H2,1-3H3. The molecule has 1 amide bonds. The third kappa shape index (κ3) is 4.14. The van der Waals surface area contributed by atoms with E-state index in [1.807, 2.05) is 36.4 Å². The van der Waals surface area contributed by atoms with Gasteiger partial charge in [0.1, 0.15) is 0 Å². The van der Waals surface area contributed by atoms with Crippen LogP contribution in [0.5, 0.6) is 11.5 Å². The van der Waals surface area contributed by atoms with Crippen LogP contribution in [0, 0.1) is 0 Å². The molecule has 0 aliphatic carbocycles. The van der Waals surface area contributed by atoms with Crippen LogP contribution in [-0.4, -0.2) is 41.9 Å². The van der Waals surface area contributed by atoms with Gasteiger partial charge in [0.25, 0.3) is 0 Å². The van der Waals surface area contributed by atoms with Crippen LogP contribution >= 0.6 is 0 Å². The molecule has 28 heavy (non-hydrogen) atoms. The van der Waals surface area contributed by atoms with Gasteiger partial charge in [0.05, 0.1) is 32.5 Å². The topological polar surface area (TPSA) is 73.7 Å². The van der Waals surface area contributed by atoms with E-state index < -0.39 is 0 Å². The van der Waals surface area contributed by atoms with Crippen LogP contribution in [0.15, 0.2) is 53.5 Å². The minimum absolute atomic E-state index is 0.0145. The number of amides is 1. The Labute approximate surface area is 163 Å². The number of benzene rings is 2. The van der Waals surface area contributed by atoms with Crippen LogP contribution < -0.4 is 14.9 Å². The quantitative estimate of drug-likeness (QED) is 0.629. The summed E-state index contributed by atoms with van der Waals surface area (Å²) < 4.78 is 12.2. The first-order valence-corrected chi connectivity index (χ1v) is 8.93. The Hall–Kier alpha value is -3.35. The van der Waals surface area contributed by atoms with Crippen LogP contribution in [0.25, 0.3) is 10.9 Å². The van der Waals surface area contributed by atoms with E-state index in [9.17, 15) is 9.59 Å². The van der Waals surface area contributed by atoms with Crippen LogP contribution in [0.3, 0.4) is 0 Å². The number of aryl methyl sites for hydroxylation is 1. The monoisotopic (exact) mass is 381 g/mol. The number of methoxy groups -OCH3 is 2. The Kier molecular flexibility index (Phi) is 5.93. The highest BCUT2D eigenvalue weighted by atomic mass is 16.5. The molecule has 2 aromatic carbocycles. The van der Waals surface area contributed by atoms with Gasteiger partial charge in [-0.1, -0.05) is 18.2 Å². The molecule has 0 fully saturated rings. The summed E-state index contributed by atoms with van der Waals surface area (Å²) in [5, 5.41) is 4.77. The van der Waals surface area contributed by atoms with Gasteiger partial charge in [-0.25, -0.2) is 0 Å². The molecule has 0 N–H and O–H groups in total. The zero-order chi connectivity index (χ0) is 20.1. The molecule has 146 valence electrons. The van der Waals surface area contributed by atoms with Crippen molar-refractivity contribution < 1.29 is 14.3 Å². The molecule has 0 atom stereocenters. The summed E-state index contributed by atoms with van der Waals surface area (Å²) in [6, 6.07) is 12.9. The third-order valence-corrected chi connectivity index (χ3v) is 4.59. The van der Waals surface area contributed by atoms with E-state index in [4.69, 9.17) is 9.47 Å². The van der Waals surface area contributed by atoms with Gasteiger partial charge in [-0.05, 0) is 29.8 Å². The van der Waals surface area contributed by atoms with Crippen molar-refractivity contribution in [2.45, 2.75) is 19.5 Å². The maximum Gasteiger partial charge on any atom is 0.224 e. The lowest BCUT2D eigenvalue weighted by atomic mass is 10.2. The molecule has 0 saturated carbocycles. The van der Waals surface area contributed by atoms with E-state index in [-0.39, 0.29) is 17.8 Å². The number of fused-ring (bicyclic) bond motifs is 1. The molecule has 0 spiro atoms. The Morgan fingerprint density at radius 1 is 1.11 bits per heavy atom. The summed E-state index contributed by atoms with van der Waals surface area (Å²) in [5.41, 5.74) is 1.55. The molecule has 3 aromatic rings. The summed E-state index contributed by atoms with van der Waals surface area (Å²) in [4.78, 5) is 26.1. The fourth-order valence-electron chi connectivity index (χ4n) is 3.07. The summed E-state index contributed by atoms with van der Waals surface area (Å²) in [6.07, 6.45) is 1.57. The van der Waals surface area contributed by atoms with Gasteiger partial charge in [-0.2, -0.15) is 5.10 Å². The molecular formula is C21H23N3O4. The minimum Gasteiger partial charge on any atom is -0.493 e. The van der Waals surface area contributed by atoms with E-state index in [0.717, 1.165) is 11.1 Å². The predicted molar refractivity (Wildman–Crippen MR) is 107 cm³/mol. The number of ether oxygens (including phenoxy) is 2. The molecule has 1 aromatic heterocycles. The highest BCUT2D eigenvalue weighted by Crippen LogP contribution is 2.28. The van der Waals surface area contributed by atoms with Crippen molar-refractivity contribution in [2.24, 2.45) is 0 Å². The number of carbonyl (C=O) groups is 1. The summed E-state index contributed by atoms with van der Waals surface area (Å²) in [6.45, 7) is 0.855. The van der Waals surface area contributed by atoms with Gasteiger partial charge >= 0.3 is 0 Å². The van der Waals surface area contributed by atoms with Gasteiger partial charge < -0.3 is 14.4 Å². The zero-order valence-electron chi connectivity index (χ0n) is 16.2. The molecule has 0 unspecified atom stereocenters. The highest BCUT2D eigenvalue weighted by Gasteiger charge is 2.12. The predicted octanol–water partition coefficient (Wildman–Crippen LogP) is 2.46. The molecule has 0 aliphatic rings. The lowest BCUT2D eigenvalue weighted by molar-refractivity contribution is -0.130. The fourth-order valence-corrected chi connectivity index (χ4v) is 3.07. The Morgan fingerprint density at radius 3 is 2.61 bits per heavy atom. The second-order valence-corrected chi connectivity index (χ2v) is 6.44. The number of carbonyl (C=O) groups excluding carboxylic acids is 1. The average molecular weight is 381 g/mol. The smallest absolute Gasteiger partial charge is 0.224 e. The molecule has 0 saturated heterocycles. The molecule has 0 bridgehead atoms. The molecular weight excluding hydrogens is 358 g/mol. The highest BCUT2D eigenvalue weighted by molar-refractivity contribution is 5.79. The van der Waals surface area contributed by atoms with E-state index in [2.05, 4.69) is 5.10 Å². The fraction of sp³-hybridized carbons (Fsp3) is 0.286. The van der Waals surface area contributed by atoms with Crippen LogP contribution in [0.4, 0.5) is 0 Å². The Morgan fingerprint density at radius 2 is 1.86 bits per heavy atom. The van der Waals surface area contributed by atoms with E-state index >= 15 is 0 Å². The summed E-state index contributed by atoms with van der Waals surface area (Å²) in [5.74, 6) is 1.26. The number of para-hydroxylation sites is 1. The third-order valence-electron chi connectivity index (χ3n) is 4.59. The first-order valence-electron chi connectivity index (χ1n) is 8.93. The van der Waals surface area contributed by atoms with Crippen molar-refractivity contribution in [3.05, 3.63) is 64.4 Å². The Bertz CT molecular complexity index is 1050. The van der Waals surface area contributed by atoms with Gasteiger partial charge in [0, 0.05) is 25.4 Å². The first kappa shape index (κ1) is 19.4. The van der Waals surface area contributed by atoms with Crippen molar-refractivity contribution >= 4 is 16.8 Å². The van der Waals surface area contributed by atoms with Crippen molar-refractivity contribution in [3.8, 4) is 11.5 Å². The molecule has 0 radical (unpaired) electrons. The van der Waals surface area contributed by atoms with Crippen molar-refractivity contribution in [2.75, 3.05) is 21.3 Å². The molecule has 7 heteroatoms. The van der Waals surface area contributed by atoms with Crippen molar-refractivity contribution in [1.82, 2.24) is 14.7 Å². The average Bonchev–Trinajstić information content (AvgIpc) is 2.73. The molecule has 0 aliphatic heterocycles. The number of aromatic nitrogens is 2. The van der Waals surface area contributed by atoms with Crippen LogP contribution in [0.1, 0.15) is 12.0 Å². The molecule has 7 nitrogen and oxygen atoms in total. The van der Waals surface area contributed by atoms with Gasteiger partial charge in [-0.3, -0.25) is 14.3 Å². The van der Waals surface area contributed by atoms with Gasteiger partial charge in [-0.15, -0.1) is 0 Å². The second kappa shape index (κ2) is 8.56. The largest absolute Gasteiger partial charge is 0.493 e. The van der Waals surface area contributed by atoms with E-state index in [0.29, 0.717) is 30.0 Å². The number of rotatable bonds is 7. The number of hydrogen-bond donors (Lipinski definition) is 0. The lowest BCUT2D eigenvalue weighted by Gasteiger charge is -2.19.